The Morgan fingerprint density at radius 1 is 0.895 bits per heavy atom. The van der Waals surface area contributed by atoms with Crippen LogP contribution in [0, 0.1) is 0 Å². The zero-order valence-electron chi connectivity index (χ0n) is 20.6. The number of thioether (sulfide) groups is 1. The molecule has 0 aliphatic heterocycles. The van der Waals surface area contributed by atoms with Crippen LogP contribution in [0.15, 0.2) is 107 Å². The van der Waals surface area contributed by atoms with Gasteiger partial charge in [-0.05, 0) is 67.2 Å². The summed E-state index contributed by atoms with van der Waals surface area (Å²) in [5.74, 6) is -0.192. The van der Waals surface area contributed by atoms with E-state index in [-0.39, 0.29) is 16.6 Å². The Hall–Kier alpha value is -4.08. The Morgan fingerprint density at radius 3 is 2.42 bits per heavy atom. The van der Waals surface area contributed by atoms with Crippen LogP contribution in [0.1, 0.15) is 6.92 Å². The van der Waals surface area contributed by atoms with E-state index in [1.165, 1.54) is 3.97 Å². The van der Waals surface area contributed by atoms with Gasteiger partial charge in [0.05, 0.1) is 5.75 Å². The Balaban J connectivity index is 1.28. The molecule has 0 fully saturated rings. The van der Waals surface area contributed by atoms with Gasteiger partial charge in [-0.3, -0.25) is 4.79 Å². The van der Waals surface area contributed by atoms with Crippen molar-refractivity contribution in [3.05, 3.63) is 97.1 Å². The third kappa shape index (κ3) is 4.13. The fraction of sp³-hybridized carbons (Fsp3) is 0.103. The predicted molar refractivity (Wildman–Crippen MR) is 152 cm³/mol. The smallest absolute Gasteiger partial charge is 0.336 e. The maximum Gasteiger partial charge on any atom is 0.336 e. The van der Waals surface area contributed by atoms with Gasteiger partial charge < -0.3 is 9.88 Å². The zero-order valence-corrected chi connectivity index (χ0v) is 22.2. The van der Waals surface area contributed by atoms with Crippen molar-refractivity contribution in [3.8, 4) is 0 Å². The van der Waals surface area contributed by atoms with Crippen molar-refractivity contribution >= 4 is 66.2 Å². The van der Waals surface area contributed by atoms with Crippen molar-refractivity contribution in [2.75, 3.05) is 11.1 Å². The van der Waals surface area contributed by atoms with E-state index >= 15 is 0 Å². The fourth-order valence-electron chi connectivity index (χ4n) is 4.87. The van der Waals surface area contributed by atoms with Crippen LogP contribution in [0.3, 0.4) is 0 Å². The molecule has 1 amide bonds. The van der Waals surface area contributed by atoms with Gasteiger partial charge in [0.25, 0.3) is 0 Å². The summed E-state index contributed by atoms with van der Waals surface area (Å²) in [7, 11) is -3.87. The number of rotatable bonds is 7. The van der Waals surface area contributed by atoms with Crippen molar-refractivity contribution in [1.29, 1.82) is 0 Å². The number of amides is 1. The van der Waals surface area contributed by atoms with Crippen LogP contribution in [-0.2, 0) is 21.4 Å². The second-order valence-electron chi connectivity index (χ2n) is 8.86. The number of nitrogens with zero attached hydrogens (tertiary/aromatic N) is 2. The molecule has 6 rings (SSSR count). The van der Waals surface area contributed by atoms with Crippen LogP contribution >= 0.6 is 11.8 Å². The fourth-order valence-corrected chi connectivity index (χ4v) is 7.45. The monoisotopic (exact) mass is 541 g/mol. The summed E-state index contributed by atoms with van der Waals surface area (Å²) in [4.78, 5) is 16.3. The standard InChI is InChI=1S/C29H24N4O3S2/c1-2-32-25-14-8-6-12-22(25)23-18-20(16-17-26(23)32)30-28(34)19-37-29-31-24-13-7-9-15-27(24)33(29)38(35,36)21-10-4-3-5-11-21/h3-18H,2,19H2,1H3,(H,30,34)/p+1. The molecule has 4 aromatic carbocycles. The van der Waals surface area contributed by atoms with E-state index in [1.807, 2.05) is 42.5 Å². The Morgan fingerprint density at radius 2 is 1.61 bits per heavy atom. The van der Waals surface area contributed by atoms with Crippen molar-refractivity contribution in [1.82, 2.24) is 9.55 Å². The number of para-hydroxylation sites is 3. The van der Waals surface area contributed by atoms with Crippen molar-refractivity contribution in [2.45, 2.75) is 23.5 Å². The SMILES string of the molecule is CCn1c2ccccc2c2cc(NC(=O)CSc3[nH]c4ccccc4[n+]3S(=O)(=O)c3ccccc3)ccc21. The number of anilines is 1. The van der Waals surface area contributed by atoms with Gasteiger partial charge in [0.1, 0.15) is 4.90 Å². The number of aromatic nitrogens is 3. The van der Waals surface area contributed by atoms with Gasteiger partial charge in [0, 0.05) is 34.0 Å². The largest absolute Gasteiger partial charge is 0.341 e. The van der Waals surface area contributed by atoms with Gasteiger partial charge in [0.2, 0.25) is 5.91 Å². The third-order valence-corrected chi connectivity index (χ3v) is 9.35. The summed E-state index contributed by atoms with van der Waals surface area (Å²) in [5, 5.41) is 5.56. The second-order valence-corrected chi connectivity index (χ2v) is 11.6. The Bertz CT molecular complexity index is 1930. The van der Waals surface area contributed by atoms with Crippen molar-refractivity contribution in [2.24, 2.45) is 0 Å². The zero-order chi connectivity index (χ0) is 26.3. The topological polar surface area (TPSA) is 87.8 Å². The number of carbonyl (C=O) groups is 1. The van der Waals surface area contributed by atoms with Gasteiger partial charge in [-0.2, -0.15) is 8.42 Å². The van der Waals surface area contributed by atoms with Gasteiger partial charge in [-0.15, -0.1) is 3.97 Å². The minimum absolute atomic E-state index is 0.0336. The molecular formula is C29H25N4O3S2+. The van der Waals surface area contributed by atoms with E-state index in [4.69, 9.17) is 0 Å². The first-order valence-corrected chi connectivity index (χ1v) is 14.7. The first-order valence-electron chi connectivity index (χ1n) is 12.2. The van der Waals surface area contributed by atoms with Crippen molar-refractivity contribution in [3.63, 3.8) is 0 Å². The van der Waals surface area contributed by atoms with Crippen molar-refractivity contribution < 1.29 is 17.2 Å². The molecule has 0 aliphatic carbocycles. The van der Waals surface area contributed by atoms with Crippen LogP contribution in [0.4, 0.5) is 5.69 Å². The molecule has 0 spiro atoms. The lowest BCUT2D eigenvalue weighted by Gasteiger charge is -2.07. The molecule has 2 aromatic heterocycles. The number of aryl methyl sites for hydroxylation is 1. The van der Waals surface area contributed by atoms with Gasteiger partial charge >= 0.3 is 15.2 Å². The molecule has 190 valence electrons. The average Bonchev–Trinajstić information content (AvgIpc) is 3.48. The lowest BCUT2D eigenvalue weighted by Crippen LogP contribution is -2.44. The number of carbonyl (C=O) groups excluding carboxylic acids is 1. The summed E-state index contributed by atoms with van der Waals surface area (Å²) in [6.45, 7) is 2.97. The van der Waals surface area contributed by atoms with Crippen LogP contribution in [-0.4, -0.2) is 29.6 Å². The lowest BCUT2D eigenvalue weighted by molar-refractivity contribution is -0.526. The van der Waals surface area contributed by atoms with Crippen LogP contribution in [0.2, 0.25) is 0 Å². The maximum atomic E-state index is 13.6. The van der Waals surface area contributed by atoms with Gasteiger partial charge in [-0.25, -0.2) is 4.98 Å². The average molecular weight is 542 g/mol. The molecule has 2 heterocycles. The molecule has 2 N–H and O–H groups in total. The number of aromatic amines is 1. The van der Waals surface area contributed by atoms with Crippen LogP contribution in [0.25, 0.3) is 32.8 Å². The maximum absolute atomic E-state index is 13.6. The highest BCUT2D eigenvalue weighted by Gasteiger charge is 2.32. The number of nitrogens with one attached hydrogen (secondary N) is 2. The predicted octanol–water partition coefficient (Wildman–Crippen LogP) is 5.55. The van der Waals surface area contributed by atoms with E-state index < -0.39 is 10.0 Å². The first-order chi connectivity index (χ1) is 18.5. The molecule has 7 nitrogen and oxygen atoms in total. The highest BCUT2D eigenvalue weighted by atomic mass is 32.2. The minimum Gasteiger partial charge on any atom is -0.341 e. The number of benzene rings is 4. The van der Waals surface area contributed by atoms with Crippen LogP contribution in [0.5, 0.6) is 0 Å². The van der Waals surface area contributed by atoms with Crippen LogP contribution < -0.4 is 9.29 Å². The second kappa shape index (κ2) is 9.66. The molecule has 0 saturated carbocycles. The lowest BCUT2D eigenvalue weighted by atomic mass is 10.1. The summed E-state index contributed by atoms with van der Waals surface area (Å²) in [6, 6.07) is 29.7. The molecule has 6 aromatic rings. The number of imidazole rings is 1. The molecule has 0 unspecified atom stereocenters. The minimum atomic E-state index is -3.87. The number of hydrogen-bond donors (Lipinski definition) is 2. The molecule has 0 saturated heterocycles. The molecule has 0 radical (unpaired) electrons. The quantitative estimate of drug-likeness (QED) is 0.205. The Kier molecular flexibility index (Phi) is 6.17. The van der Waals surface area contributed by atoms with E-state index in [1.54, 1.807) is 42.5 Å². The normalized spacial score (nSPS) is 11.9. The summed E-state index contributed by atoms with van der Waals surface area (Å²) < 4.78 is 30.6. The third-order valence-electron chi connectivity index (χ3n) is 6.54. The highest BCUT2D eigenvalue weighted by Crippen LogP contribution is 2.31. The summed E-state index contributed by atoms with van der Waals surface area (Å²) in [5.41, 5.74) is 4.17. The summed E-state index contributed by atoms with van der Waals surface area (Å²) in [6.07, 6.45) is 0. The molecular weight excluding hydrogens is 516 g/mol. The molecule has 0 aliphatic rings. The van der Waals surface area contributed by atoms with E-state index in [9.17, 15) is 13.2 Å². The molecule has 9 heteroatoms. The number of hydrogen-bond acceptors (Lipinski definition) is 4. The summed E-state index contributed by atoms with van der Waals surface area (Å²) >= 11 is 1.15. The highest BCUT2D eigenvalue weighted by molar-refractivity contribution is 8.00. The first kappa shape index (κ1) is 24.3. The Labute approximate surface area is 224 Å². The molecule has 0 atom stereocenters. The van der Waals surface area contributed by atoms with Gasteiger partial charge in [0.15, 0.2) is 11.0 Å². The molecule has 38 heavy (non-hydrogen) atoms. The number of H-pyrrole nitrogens is 1. The van der Waals surface area contributed by atoms with E-state index in [0.29, 0.717) is 21.9 Å². The van der Waals surface area contributed by atoms with E-state index in [0.717, 1.165) is 40.1 Å². The number of fused-ring (bicyclic) bond motifs is 4. The van der Waals surface area contributed by atoms with Gasteiger partial charge in [-0.1, -0.05) is 48.5 Å². The van der Waals surface area contributed by atoms with E-state index in [2.05, 4.69) is 33.9 Å². The molecule has 0 bridgehead atoms.